The van der Waals surface area contributed by atoms with Gasteiger partial charge in [0, 0.05) is 34.9 Å². The summed E-state index contributed by atoms with van der Waals surface area (Å²) in [5.41, 5.74) is 1.66. The zero-order valence-corrected chi connectivity index (χ0v) is 15.7. The minimum absolute atomic E-state index is 0.0464. The summed E-state index contributed by atoms with van der Waals surface area (Å²) in [5, 5.41) is 15.7. The van der Waals surface area contributed by atoms with E-state index in [1.165, 1.54) is 0 Å². The molecule has 156 valence electrons. The number of rotatable bonds is 4. The fourth-order valence-corrected chi connectivity index (χ4v) is 4.79. The summed E-state index contributed by atoms with van der Waals surface area (Å²) >= 11 is 0. The maximum absolute atomic E-state index is 12.3. The number of aliphatic hydroxyl groups excluding tert-OH is 1. The highest BCUT2D eigenvalue weighted by Gasteiger charge is 2.41. The maximum atomic E-state index is 12.3. The molecule has 1 aromatic heterocycles. The quantitative estimate of drug-likeness (QED) is 0.590. The number of halogens is 3. The Labute approximate surface area is 164 Å². The maximum Gasteiger partial charge on any atom is 0.538 e. The molecule has 2 heterocycles. The van der Waals surface area contributed by atoms with Gasteiger partial charge in [-0.05, 0) is 12.1 Å². The van der Waals surface area contributed by atoms with E-state index < -0.39 is 34.9 Å². The van der Waals surface area contributed by atoms with Crippen molar-refractivity contribution in [2.45, 2.75) is 24.6 Å². The van der Waals surface area contributed by atoms with Crippen molar-refractivity contribution in [3.05, 3.63) is 48.5 Å². The molecule has 1 saturated heterocycles. The second-order valence-corrected chi connectivity index (χ2v) is 8.14. The summed E-state index contributed by atoms with van der Waals surface area (Å²) in [6, 6.07) is 13.3. The highest BCUT2D eigenvalue weighted by molar-refractivity contribution is 7.84. The Morgan fingerprint density at radius 3 is 2.14 bits per heavy atom. The normalized spacial score (nSPS) is 23.7. The summed E-state index contributed by atoms with van der Waals surface area (Å²) in [5.74, 6) is 0. The van der Waals surface area contributed by atoms with Crippen LogP contribution in [0.5, 0.6) is 0 Å². The third-order valence-corrected chi connectivity index (χ3v) is 5.97. The van der Waals surface area contributed by atoms with Gasteiger partial charge in [0.25, 0.3) is 0 Å². The third-order valence-electron chi connectivity index (χ3n) is 4.97. The lowest BCUT2D eigenvalue weighted by Crippen LogP contribution is -2.58. The fraction of sp³-hybridized carbons (Fsp3) is 0.333. The SMILES string of the molecule is O=S(=O)(N[C@H]1CNC[C@@H](n2c3ccccc3c3ccccc32)[C@@H]1O)OC(F)(F)F. The lowest BCUT2D eigenvalue weighted by molar-refractivity contribution is -0.272. The minimum atomic E-state index is -5.36. The van der Waals surface area contributed by atoms with E-state index in [9.17, 15) is 26.7 Å². The van der Waals surface area contributed by atoms with Crippen molar-refractivity contribution in [2.75, 3.05) is 13.1 Å². The second kappa shape index (κ2) is 7.26. The van der Waals surface area contributed by atoms with Gasteiger partial charge >= 0.3 is 16.7 Å². The number of para-hydroxylation sites is 2. The predicted molar refractivity (Wildman–Crippen MR) is 100 cm³/mol. The second-order valence-electron chi connectivity index (χ2n) is 6.83. The molecule has 0 bridgehead atoms. The first-order valence-electron chi connectivity index (χ1n) is 8.82. The molecule has 7 nitrogen and oxygen atoms in total. The molecule has 29 heavy (non-hydrogen) atoms. The average molecular weight is 429 g/mol. The summed E-state index contributed by atoms with van der Waals surface area (Å²) in [6.07, 6.45) is -6.65. The van der Waals surface area contributed by atoms with Crippen molar-refractivity contribution in [3.63, 3.8) is 0 Å². The Bertz CT molecular complexity index is 1090. The van der Waals surface area contributed by atoms with E-state index in [2.05, 4.69) is 9.50 Å². The predicted octanol–water partition coefficient (Wildman–Crippen LogP) is 2.04. The largest absolute Gasteiger partial charge is 0.538 e. The van der Waals surface area contributed by atoms with Crippen LogP contribution in [0.25, 0.3) is 21.8 Å². The lowest BCUT2D eigenvalue weighted by atomic mass is 9.99. The summed E-state index contributed by atoms with van der Waals surface area (Å²) in [7, 11) is -5.13. The number of alkyl halides is 3. The molecular formula is C18H18F3N3O4S. The smallest absolute Gasteiger partial charge is 0.389 e. The molecule has 3 atom stereocenters. The van der Waals surface area contributed by atoms with Crippen molar-refractivity contribution in [1.29, 1.82) is 0 Å². The van der Waals surface area contributed by atoms with Gasteiger partial charge in [0.2, 0.25) is 0 Å². The Morgan fingerprint density at radius 2 is 1.59 bits per heavy atom. The number of nitrogens with one attached hydrogen (secondary N) is 2. The van der Waals surface area contributed by atoms with Crippen LogP contribution >= 0.6 is 0 Å². The van der Waals surface area contributed by atoms with Crippen LogP contribution in [0.15, 0.2) is 48.5 Å². The van der Waals surface area contributed by atoms with Crippen LogP contribution in [0.4, 0.5) is 13.2 Å². The van der Waals surface area contributed by atoms with Crippen LogP contribution in [0.2, 0.25) is 0 Å². The van der Waals surface area contributed by atoms with Gasteiger partial charge in [-0.2, -0.15) is 17.3 Å². The van der Waals surface area contributed by atoms with Crippen LogP contribution in [0.1, 0.15) is 6.04 Å². The fourth-order valence-electron chi connectivity index (χ4n) is 3.90. The number of hydrogen-bond donors (Lipinski definition) is 3. The minimum Gasteiger partial charge on any atom is -0.389 e. The third kappa shape index (κ3) is 3.96. The van der Waals surface area contributed by atoms with Gasteiger partial charge in [-0.25, -0.2) is 0 Å². The first-order chi connectivity index (χ1) is 13.7. The van der Waals surface area contributed by atoms with Crippen LogP contribution in [-0.2, 0) is 14.5 Å². The number of hydrogen-bond acceptors (Lipinski definition) is 5. The van der Waals surface area contributed by atoms with E-state index in [1.54, 1.807) is 4.72 Å². The topological polar surface area (TPSA) is 92.6 Å². The first kappa shape index (κ1) is 20.1. The van der Waals surface area contributed by atoms with E-state index in [4.69, 9.17) is 0 Å². The monoisotopic (exact) mass is 429 g/mol. The number of piperidine rings is 1. The van der Waals surface area contributed by atoms with Gasteiger partial charge < -0.3 is 15.0 Å². The number of nitrogens with zero attached hydrogens (tertiary/aromatic N) is 1. The molecule has 2 aromatic carbocycles. The Balaban J connectivity index is 1.71. The van der Waals surface area contributed by atoms with Crippen molar-refractivity contribution in [2.24, 2.45) is 0 Å². The Kier molecular flexibility index (Phi) is 5.03. The molecule has 3 aromatic rings. The molecular weight excluding hydrogens is 411 g/mol. The van der Waals surface area contributed by atoms with Crippen LogP contribution < -0.4 is 10.0 Å². The lowest BCUT2D eigenvalue weighted by Gasteiger charge is -2.37. The van der Waals surface area contributed by atoms with E-state index in [-0.39, 0.29) is 6.54 Å². The number of aliphatic hydroxyl groups is 1. The summed E-state index contributed by atoms with van der Waals surface area (Å²) in [6.45, 7) is 0.261. The van der Waals surface area contributed by atoms with Gasteiger partial charge in [0.1, 0.15) is 0 Å². The summed E-state index contributed by atoms with van der Waals surface area (Å²) in [4.78, 5) is 0. The standard InChI is InChI=1S/C18H18F3N3O4S/c19-18(20,21)28-29(26,27)23-13-9-22-10-16(17(13)25)24-14-7-3-1-5-11(14)12-6-2-4-8-15(12)24/h1-8,13,16-17,22-23,25H,9-10H2/t13-,16+,17+/m0/s1. The number of fused-ring (bicyclic) bond motifs is 3. The Morgan fingerprint density at radius 1 is 1.03 bits per heavy atom. The summed E-state index contributed by atoms with van der Waals surface area (Å²) < 4.78 is 67.2. The van der Waals surface area contributed by atoms with Gasteiger partial charge in [-0.3, -0.25) is 0 Å². The molecule has 0 unspecified atom stereocenters. The Hall–Kier alpha value is -2.18. The van der Waals surface area contributed by atoms with Crippen LogP contribution in [0.3, 0.4) is 0 Å². The van der Waals surface area contributed by atoms with E-state index in [1.807, 2.05) is 53.1 Å². The van der Waals surface area contributed by atoms with Crippen molar-refractivity contribution in [3.8, 4) is 0 Å². The van der Waals surface area contributed by atoms with E-state index >= 15 is 0 Å². The molecule has 0 radical (unpaired) electrons. The van der Waals surface area contributed by atoms with Crippen LogP contribution in [0, 0.1) is 0 Å². The zero-order valence-electron chi connectivity index (χ0n) is 14.9. The molecule has 0 aliphatic carbocycles. The highest BCUT2D eigenvalue weighted by atomic mass is 32.2. The molecule has 1 aliphatic rings. The van der Waals surface area contributed by atoms with Gasteiger partial charge in [0.05, 0.1) is 18.2 Å². The first-order valence-corrected chi connectivity index (χ1v) is 10.2. The van der Waals surface area contributed by atoms with Gasteiger partial charge in [-0.15, -0.1) is 13.2 Å². The van der Waals surface area contributed by atoms with E-state index in [0.717, 1.165) is 21.8 Å². The number of aromatic nitrogens is 1. The molecule has 0 amide bonds. The molecule has 3 N–H and O–H groups in total. The molecule has 4 rings (SSSR count). The molecule has 1 fully saturated rings. The van der Waals surface area contributed by atoms with Gasteiger partial charge in [0.15, 0.2) is 0 Å². The molecule has 1 aliphatic heterocycles. The molecule has 0 saturated carbocycles. The van der Waals surface area contributed by atoms with Crippen LogP contribution in [-0.4, -0.2) is 49.7 Å². The molecule has 0 spiro atoms. The van der Waals surface area contributed by atoms with Crippen molar-refractivity contribution < 1.29 is 30.9 Å². The van der Waals surface area contributed by atoms with Crippen molar-refractivity contribution in [1.82, 2.24) is 14.6 Å². The van der Waals surface area contributed by atoms with E-state index in [0.29, 0.717) is 6.54 Å². The molecule has 11 heteroatoms. The zero-order chi connectivity index (χ0) is 20.8. The average Bonchev–Trinajstić information content (AvgIpc) is 2.96. The number of benzene rings is 2. The van der Waals surface area contributed by atoms with Crippen molar-refractivity contribution >= 4 is 32.1 Å². The van der Waals surface area contributed by atoms with Gasteiger partial charge in [-0.1, -0.05) is 36.4 Å². The highest BCUT2D eigenvalue weighted by Crippen LogP contribution is 2.34.